The summed E-state index contributed by atoms with van der Waals surface area (Å²) in [5.41, 5.74) is 1.10. The van der Waals surface area contributed by atoms with Crippen LogP contribution < -0.4 is 5.32 Å². The summed E-state index contributed by atoms with van der Waals surface area (Å²) in [7, 11) is 1.65. The van der Waals surface area contributed by atoms with E-state index in [-0.39, 0.29) is 5.56 Å². The van der Waals surface area contributed by atoms with Gasteiger partial charge in [-0.05, 0) is 49.4 Å². The Bertz CT molecular complexity index is 626. The molecule has 5 heteroatoms. The van der Waals surface area contributed by atoms with E-state index in [0.29, 0.717) is 16.1 Å². The largest absolute Gasteiger partial charge is 0.309 e. The number of benzene rings is 2. The van der Waals surface area contributed by atoms with E-state index in [4.69, 9.17) is 11.6 Å². The fraction of sp³-hybridized carbons (Fsp3) is 0.200. The van der Waals surface area contributed by atoms with Gasteiger partial charge in [0, 0.05) is 15.1 Å². The van der Waals surface area contributed by atoms with Crippen molar-refractivity contribution in [2.45, 2.75) is 13.0 Å². The minimum atomic E-state index is -0.607. The molecule has 1 nitrogen and oxygen atoms in total. The Kier molecular flexibility index (Phi) is 4.78. The van der Waals surface area contributed by atoms with Gasteiger partial charge in [-0.15, -0.1) is 0 Å². The van der Waals surface area contributed by atoms with Gasteiger partial charge in [-0.1, -0.05) is 33.6 Å². The van der Waals surface area contributed by atoms with Crippen LogP contribution in [0.1, 0.15) is 22.7 Å². The molecule has 1 N–H and O–H groups in total. The van der Waals surface area contributed by atoms with E-state index < -0.39 is 17.7 Å². The Morgan fingerprint density at radius 3 is 2.50 bits per heavy atom. The molecule has 0 aliphatic carbocycles. The van der Waals surface area contributed by atoms with Gasteiger partial charge in [-0.2, -0.15) is 0 Å². The van der Waals surface area contributed by atoms with E-state index in [1.54, 1.807) is 32.2 Å². The van der Waals surface area contributed by atoms with Gasteiger partial charge in [-0.25, -0.2) is 8.78 Å². The average Bonchev–Trinajstić information content (AvgIpc) is 2.38. The zero-order valence-corrected chi connectivity index (χ0v) is 13.3. The first-order valence-electron chi connectivity index (χ1n) is 6.01. The van der Waals surface area contributed by atoms with Gasteiger partial charge in [0.25, 0.3) is 0 Å². The Morgan fingerprint density at radius 1 is 1.20 bits per heavy atom. The molecule has 2 rings (SSSR count). The monoisotopic (exact) mass is 359 g/mol. The van der Waals surface area contributed by atoms with Gasteiger partial charge in [0.2, 0.25) is 0 Å². The quantitative estimate of drug-likeness (QED) is 0.812. The summed E-state index contributed by atoms with van der Waals surface area (Å²) in [6, 6.07) is 7.29. The lowest BCUT2D eigenvalue weighted by Gasteiger charge is -2.20. The second-order valence-corrected chi connectivity index (χ2v) is 5.87. The zero-order valence-electron chi connectivity index (χ0n) is 11.0. The van der Waals surface area contributed by atoms with Gasteiger partial charge in [0.15, 0.2) is 0 Å². The second-order valence-electron chi connectivity index (χ2n) is 4.52. The molecular weight excluding hydrogens is 348 g/mol. The van der Waals surface area contributed by atoms with Crippen molar-refractivity contribution in [3.63, 3.8) is 0 Å². The summed E-state index contributed by atoms with van der Waals surface area (Å²) >= 11 is 9.34. The molecule has 0 heterocycles. The molecule has 0 aliphatic rings. The van der Waals surface area contributed by atoms with Crippen molar-refractivity contribution in [1.82, 2.24) is 5.32 Å². The number of aryl methyl sites for hydroxylation is 1. The minimum absolute atomic E-state index is 0.00154. The van der Waals surface area contributed by atoms with E-state index in [9.17, 15) is 8.78 Å². The van der Waals surface area contributed by atoms with Crippen molar-refractivity contribution in [3.8, 4) is 0 Å². The molecular formula is C15H13BrClF2N. The Hall–Kier alpha value is -0.970. The molecule has 20 heavy (non-hydrogen) atoms. The Labute approximate surface area is 130 Å². The van der Waals surface area contributed by atoms with Crippen molar-refractivity contribution >= 4 is 27.5 Å². The van der Waals surface area contributed by atoms with Crippen LogP contribution in [0.5, 0.6) is 0 Å². The number of nitrogens with one attached hydrogen (secondary N) is 1. The SMILES string of the molecule is CNC(c1cc(Cl)cc(Br)c1)c1c(F)ccc(C)c1F. The van der Waals surface area contributed by atoms with E-state index in [1.165, 1.54) is 12.1 Å². The van der Waals surface area contributed by atoms with Crippen LogP contribution in [0.25, 0.3) is 0 Å². The normalized spacial score (nSPS) is 12.5. The molecule has 0 radical (unpaired) electrons. The smallest absolute Gasteiger partial charge is 0.134 e. The van der Waals surface area contributed by atoms with E-state index in [0.717, 1.165) is 4.47 Å². The highest BCUT2D eigenvalue weighted by molar-refractivity contribution is 9.10. The van der Waals surface area contributed by atoms with Crippen LogP contribution in [0.4, 0.5) is 8.78 Å². The van der Waals surface area contributed by atoms with Crippen molar-refractivity contribution in [2.24, 2.45) is 0 Å². The number of rotatable bonds is 3. The maximum Gasteiger partial charge on any atom is 0.134 e. The van der Waals surface area contributed by atoms with Gasteiger partial charge < -0.3 is 5.32 Å². The van der Waals surface area contributed by atoms with Crippen LogP contribution in [-0.2, 0) is 0 Å². The molecule has 1 atom stereocenters. The minimum Gasteiger partial charge on any atom is -0.309 e. The highest BCUT2D eigenvalue weighted by atomic mass is 79.9. The molecule has 0 saturated heterocycles. The van der Waals surface area contributed by atoms with Gasteiger partial charge in [0.05, 0.1) is 6.04 Å². The van der Waals surface area contributed by atoms with Gasteiger partial charge in [-0.3, -0.25) is 0 Å². The van der Waals surface area contributed by atoms with Crippen LogP contribution in [0, 0.1) is 18.6 Å². The van der Waals surface area contributed by atoms with Crippen molar-refractivity contribution < 1.29 is 8.78 Å². The lowest BCUT2D eigenvalue weighted by molar-refractivity contribution is 0.517. The van der Waals surface area contributed by atoms with Crippen molar-refractivity contribution in [2.75, 3.05) is 7.05 Å². The Balaban J connectivity index is 2.61. The predicted octanol–water partition coefficient (Wildman–Crippen LogP) is 5.00. The summed E-state index contributed by atoms with van der Waals surface area (Å²) < 4.78 is 29.0. The molecule has 106 valence electrons. The number of hydrogen-bond donors (Lipinski definition) is 1. The van der Waals surface area contributed by atoms with Crippen LogP contribution >= 0.6 is 27.5 Å². The molecule has 0 spiro atoms. The first-order valence-corrected chi connectivity index (χ1v) is 7.19. The Morgan fingerprint density at radius 2 is 1.90 bits per heavy atom. The maximum atomic E-state index is 14.3. The maximum absolute atomic E-state index is 14.3. The van der Waals surface area contributed by atoms with Crippen molar-refractivity contribution in [1.29, 1.82) is 0 Å². The summed E-state index contributed by atoms with van der Waals surface area (Å²) in [4.78, 5) is 0. The molecule has 2 aromatic carbocycles. The highest BCUT2D eigenvalue weighted by Crippen LogP contribution is 2.31. The lowest BCUT2D eigenvalue weighted by Crippen LogP contribution is -2.21. The highest BCUT2D eigenvalue weighted by Gasteiger charge is 2.22. The molecule has 0 aromatic heterocycles. The topological polar surface area (TPSA) is 12.0 Å². The van der Waals surface area contributed by atoms with Gasteiger partial charge in [0.1, 0.15) is 11.6 Å². The number of hydrogen-bond acceptors (Lipinski definition) is 1. The third kappa shape index (κ3) is 3.03. The van der Waals surface area contributed by atoms with E-state index in [2.05, 4.69) is 21.2 Å². The van der Waals surface area contributed by atoms with Crippen LogP contribution in [0.15, 0.2) is 34.8 Å². The average molecular weight is 361 g/mol. The summed E-state index contributed by atoms with van der Waals surface area (Å²) in [5.74, 6) is -1.12. The zero-order chi connectivity index (χ0) is 14.9. The molecule has 2 aromatic rings. The summed E-state index contributed by atoms with van der Waals surface area (Å²) in [5, 5.41) is 3.44. The third-order valence-electron chi connectivity index (χ3n) is 3.12. The van der Waals surface area contributed by atoms with Crippen LogP contribution in [0.2, 0.25) is 5.02 Å². The second kappa shape index (κ2) is 6.20. The van der Waals surface area contributed by atoms with Crippen molar-refractivity contribution in [3.05, 3.63) is 68.2 Å². The van der Waals surface area contributed by atoms with E-state index >= 15 is 0 Å². The first kappa shape index (κ1) is 15.4. The molecule has 0 bridgehead atoms. The fourth-order valence-electron chi connectivity index (χ4n) is 2.16. The molecule has 0 amide bonds. The standard InChI is InChI=1S/C15H13BrClF2N/c1-8-3-4-12(18)13(14(8)19)15(20-2)9-5-10(16)7-11(17)6-9/h3-7,15,20H,1-2H3. The number of halogens is 4. The third-order valence-corrected chi connectivity index (χ3v) is 3.79. The molecule has 0 fully saturated rings. The molecule has 0 aliphatic heterocycles. The van der Waals surface area contributed by atoms with E-state index in [1.807, 2.05) is 0 Å². The molecule has 1 unspecified atom stereocenters. The summed E-state index contributed by atoms with van der Waals surface area (Å²) in [6.45, 7) is 1.61. The fourth-order valence-corrected chi connectivity index (χ4v) is 3.05. The van der Waals surface area contributed by atoms with Crippen LogP contribution in [0.3, 0.4) is 0 Å². The first-order chi connectivity index (χ1) is 9.43. The lowest BCUT2D eigenvalue weighted by atomic mass is 9.96. The summed E-state index contributed by atoms with van der Waals surface area (Å²) in [6.07, 6.45) is 0. The van der Waals surface area contributed by atoms with Crippen LogP contribution in [-0.4, -0.2) is 7.05 Å². The van der Waals surface area contributed by atoms with Gasteiger partial charge >= 0.3 is 0 Å². The predicted molar refractivity (Wildman–Crippen MR) is 81.1 cm³/mol. The molecule has 0 saturated carbocycles.